The van der Waals surface area contributed by atoms with E-state index in [2.05, 4.69) is 10.3 Å². The number of rotatable bonds is 7. The monoisotopic (exact) mass is 469 g/mol. The highest BCUT2D eigenvalue weighted by molar-refractivity contribution is 6.21. The van der Waals surface area contributed by atoms with Gasteiger partial charge in [0.1, 0.15) is 0 Å². The Labute approximate surface area is 192 Å². The Bertz CT molecular complexity index is 1210. The molecule has 0 atom stereocenters. The van der Waals surface area contributed by atoms with Crippen molar-refractivity contribution in [2.75, 3.05) is 6.61 Å². The van der Waals surface area contributed by atoms with Gasteiger partial charge >= 0.3 is 6.18 Å². The zero-order chi connectivity index (χ0) is 24.3. The Morgan fingerprint density at radius 2 is 1.59 bits per heavy atom. The van der Waals surface area contributed by atoms with Gasteiger partial charge in [-0.05, 0) is 35.9 Å². The van der Waals surface area contributed by atoms with Gasteiger partial charge in [0.2, 0.25) is 5.88 Å². The summed E-state index contributed by atoms with van der Waals surface area (Å²) in [5.74, 6) is -1.42. The Hall–Kier alpha value is -4.21. The third kappa shape index (κ3) is 5.06. The van der Waals surface area contributed by atoms with Crippen molar-refractivity contribution >= 4 is 17.7 Å². The first-order valence-corrected chi connectivity index (χ1v) is 10.2. The lowest BCUT2D eigenvalue weighted by atomic mass is 10.1. The molecule has 2 aromatic carbocycles. The fourth-order valence-corrected chi connectivity index (χ4v) is 3.44. The molecule has 0 spiro atoms. The highest BCUT2D eigenvalue weighted by Gasteiger charge is 2.35. The molecular formula is C24H18F3N3O4. The van der Waals surface area contributed by atoms with Crippen LogP contribution in [0.25, 0.3) is 0 Å². The molecule has 0 fully saturated rings. The lowest BCUT2D eigenvalue weighted by Gasteiger charge is -2.14. The van der Waals surface area contributed by atoms with Gasteiger partial charge in [-0.1, -0.05) is 30.3 Å². The Kier molecular flexibility index (Phi) is 6.31. The molecular weight excluding hydrogens is 451 g/mol. The summed E-state index contributed by atoms with van der Waals surface area (Å²) in [6.45, 7) is -1.51. The molecule has 7 nitrogen and oxygen atoms in total. The summed E-state index contributed by atoms with van der Waals surface area (Å²) in [7, 11) is 0. The standard InChI is InChI=1S/C24H18F3N3O4/c25-24(26,27)14-34-21-17(4-3-11-28-21)12-29-20(31)16-9-7-15(8-10-16)13-30-22(32)18-5-1-2-6-19(18)23(30)33/h1-11H,12-14H2,(H,29,31). The van der Waals surface area contributed by atoms with Crippen molar-refractivity contribution in [3.05, 3.63) is 94.7 Å². The number of fused-ring (bicyclic) bond motifs is 1. The summed E-state index contributed by atoms with van der Waals surface area (Å²) in [5, 5.41) is 2.61. The van der Waals surface area contributed by atoms with Crippen molar-refractivity contribution in [2.45, 2.75) is 19.3 Å². The number of amides is 3. The molecule has 0 bridgehead atoms. The van der Waals surface area contributed by atoms with Gasteiger partial charge in [0, 0.05) is 23.9 Å². The Morgan fingerprint density at radius 3 is 2.21 bits per heavy atom. The first kappa shape index (κ1) is 23.0. The van der Waals surface area contributed by atoms with E-state index in [0.29, 0.717) is 27.8 Å². The van der Waals surface area contributed by atoms with Crippen molar-refractivity contribution in [3.8, 4) is 5.88 Å². The molecule has 4 rings (SSSR count). The summed E-state index contributed by atoms with van der Waals surface area (Å²) in [5.41, 5.74) is 1.96. The van der Waals surface area contributed by atoms with Crippen LogP contribution in [-0.2, 0) is 13.1 Å². The van der Waals surface area contributed by atoms with Crippen LogP contribution in [-0.4, -0.2) is 40.4 Å². The van der Waals surface area contributed by atoms with Crippen LogP contribution >= 0.6 is 0 Å². The second-order valence-corrected chi connectivity index (χ2v) is 7.49. The fourth-order valence-electron chi connectivity index (χ4n) is 3.44. The highest BCUT2D eigenvalue weighted by atomic mass is 19.4. The van der Waals surface area contributed by atoms with Crippen LogP contribution in [0, 0.1) is 0 Å². The zero-order valence-corrected chi connectivity index (χ0v) is 17.6. The summed E-state index contributed by atoms with van der Waals surface area (Å²) in [4.78, 5) is 42.4. The molecule has 0 saturated carbocycles. The van der Waals surface area contributed by atoms with Crippen LogP contribution in [0.4, 0.5) is 13.2 Å². The average molecular weight is 469 g/mol. The number of carbonyl (C=O) groups excluding carboxylic acids is 3. The predicted octanol–water partition coefficient (Wildman–Crippen LogP) is 3.75. The molecule has 0 aliphatic carbocycles. The second-order valence-electron chi connectivity index (χ2n) is 7.49. The van der Waals surface area contributed by atoms with E-state index < -0.39 is 18.7 Å². The number of imide groups is 1. The maximum atomic E-state index is 12.5. The molecule has 0 saturated heterocycles. The third-order valence-electron chi connectivity index (χ3n) is 5.10. The Balaban J connectivity index is 1.37. The molecule has 1 aliphatic rings. The normalized spacial score (nSPS) is 13.1. The highest BCUT2D eigenvalue weighted by Crippen LogP contribution is 2.24. The first-order chi connectivity index (χ1) is 16.2. The molecule has 2 heterocycles. The number of nitrogens with zero attached hydrogens (tertiary/aromatic N) is 2. The quantitative estimate of drug-likeness (QED) is 0.533. The minimum absolute atomic E-state index is 0.0594. The second kappa shape index (κ2) is 9.34. The predicted molar refractivity (Wildman–Crippen MR) is 114 cm³/mol. The van der Waals surface area contributed by atoms with Crippen molar-refractivity contribution < 1.29 is 32.3 Å². The summed E-state index contributed by atoms with van der Waals surface area (Å²) in [6.07, 6.45) is -3.21. The molecule has 0 unspecified atom stereocenters. The first-order valence-electron chi connectivity index (χ1n) is 10.2. The third-order valence-corrected chi connectivity index (χ3v) is 5.10. The molecule has 3 amide bonds. The molecule has 1 N–H and O–H groups in total. The molecule has 0 radical (unpaired) electrons. The van der Waals surface area contributed by atoms with E-state index >= 15 is 0 Å². The van der Waals surface area contributed by atoms with Gasteiger partial charge in [0.05, 0.1) is 17.7 Å². The number of nitrogens with one attached hydrogen (secondary N) is 1. The summed E-state index contributed by atoms with van der Waals surface area (Å²) >= 11 is 0. The van der Waals surface area contributed by atoms with Gasteiger partial charge in [0.15, 0.2) is 6.61 Å². The zero-order valence-electron chi connectivity index (χ0n) is 17.6. The van der Waals surface area contributed by atoms with Crippen molar-refractivity contribution in [1.29, 1.82) is 0 Å². The van der Waals surface area contributed by atoms with Crippen LogP contribution in [0.2, 0.25) is 0 Å². The van der Waals surface area contributed by atoms with E-state index in [-0.39, 0.29) is 30.8 Å². The SMILES string of the molecule is O=C(NCc1cccnc1OCC(F)(F)F)c1ccc(CN2C(=O)c3ccccc3C2=O)cc1. The lowest BCUT2D eigenvalue weighted by molar-refractivity contribution is -0.154. The van der Waals surface area contributed by atoms with Crippen LogP contribution in [0.3, 0.4) is 0 Å². The number of benzene rings is 2. The van der Waals surface area contributed by atoms with E-state index in [9.17, 15) is 27.6 Å². The van der Waals surface area contributed by atoms with E-state index in [1.54, 1.807) is 36.4 Å². The van der Waals surface area contributed by atoms with E-state index in [1.165, 1.54) is 30.5 Å². The topological polar surface area (TPSA) is 88.6 Å². The van der Waals surface area contributed by atoms with Crippen molar-refractivity contribution in [3.63, 3.8) is 0 Å². The van der Waals surface area contributed by atoms with Gasteiger partial charge in [-0.25, -0.2) is 4.98 Å². The minimum Gasteiger partial charge on any atom is -0.468 e. The largest absolute Gasteiger partial charge is 0.468 e. The van der Waals surface area contributed by atoms with Crippen molar-refractivity contribution in [1.82, 2.24) is 15.2 Å². The van der Waals surface area contributed by atoms with Crippen LogP contribution < -0.4 is 10.1 Å². The average Bonchev–Trinajstić information content (AvgIpc) is 3.06. The van der Waals surface area contributed by atoms with E-state index in [1.807, 2.05) is 0 Å². The number of hydrogen-bond donors (Lipinski definition) is 1. The fraction of sp³-hybridized carbons (Fsp3) is 0.167. The maximum Gasteiger partial charge on any atom is 0.422 e. The summed E-state index contributed by atoms with van der Waals surface area (Å²) in [6, 6.07) is 15.9. The number of alkyl halides is 3. The van der Waals surface area contributed by atoms with Gasteiger partial charge in [-0.3, -0.25) is 19.3 Å². The van der Waals surface area contributed by atoms with Gasteiger partial charge in [0.25, 0.3) is 17.7 Å². The molecule has 10 heteroatoms. The molecule has 174 valence electrons. The van der Waals surface area contributed by atoms with Gasteiger partial charge in [-0.2, -0.15) is 13.2 Å². The molecule has 34 heavy (non-hydrogen) atoms. The number of hydrogen-bond acceptors (Lipinski definition) is 5. The van der Waals surface area contributed by atoms with Crippen LogP contribution in [0.15, 0.2) is 66.9 Å². The lowest BCUT2D eigenvalue weighted by Crippen LogP contribution is -2.29. The smallest absolute Gasteiger partial charge is 0.422 e. The number of ether oxygens (including phenoxy) is 1. The van der Waals surface area contributed by atoms with Gasteiger partial charge in [-0.15, -0.1) is 0 Å². The minimum atomic E-state index is -4.51. The molecule has 3 aromatic rings. The van der Waals surface area contributed by atoms with Gasteiger partial charge < -0.3 is 10.1 Å². The van der Waals surface area contributed by atoms with Crippen LogP contribution in [0.5, 0.6) is 5.88 Å². The van der Waals surface area contributed by atoms with E-state index in [4.69, 9.17) is 4.74 Å². The van der Waals surface area contributed by atoms with Crippen LogP contribution in [0.1, 0.15) is 42.2 Å². The molecule has 1 aromatic heterocycles. The number of aromatic nitrogens is 1. The summed E-state index contributed by atoms with van der Waals surface area (Å²) < 4.78 is 42.0. The number of carbonyl (C=O) groups is 3. The number of halogens is 3. The van der Waals surface area contributed by atoms with Crippen molar-refractivity contribution in [2.24, 2.45) is 0 Å². The Morgan fingerprint density at radius 1 is 0.941 bits per heavy atom. The number of pyridine rings is 1. The van der Waals surface area contributed by atoms with E-state index in [0.717, 1.165) is 4.90 Å². The molecule has 1 aliphatic heterocycles. The maximum absolute atomic E-state index is 12.5.